The highest BCUT2D eigenvalue weighted by Crippen LogP contribution is 2.18. The zero-order chi connectivity index (χ0) is 11.5. The van der Waals surface area contributed by atoms with E-state index in [2.05, 4.69) is 41.2 Å². The quantitative estimate of drug-likeness (QED) is 0.827. The molecule has 84 valence electrons. The third-order valence-electron chi connectivity index (χ3n) is 2.72. The molecule has 0 aliphatic heterocycles. The Morgan fingerprint density at radius 1 is 1.31 bits per heavy atom. The highest BCUT2D eigenvalue weighted by atomic mass is 14.9. The minimum atomic E-state index is -0.00355. The average Bonchev–Trinajstić information content (AvgIpc) is 2.78. The first-order valence-corrected chi connectivity index (χ1v) is 5.60. The molecule has 0 aliphatic rings. The topological polar surface area (TPSA) is 54.7 Å². The van der Waals surface area contributed by atoms with E-state index in [0.717, 1.165) is 23.5 Å². The van der Waals surface area contributed by atoms with Crippen LogP contribution in [0.1, 0.15) is 31.1 Å². The van der Waals surface area contributed by atoms with Crippen LogP contribution in [0.25, 0.3) is 11.4 Å². The Labute approximate surface area is 95.7 Å². The molecule has 0 amide bonds. The number of hydrogen-bond acceptors (Lipinski definition) is 2. The van der Waals surface area contributed by atoms with Gasteiger partial charge in [0.15, 0.2) is 0 Å². The molecular formula is C13H17N3. The first-order valence-electron chi connectivity index (χ1n) is 5.60. The zero-order valence-electron chi connectivity index (χ0n) is 9.70. The van der Waals surface area contributed by atoms with Crippen molar-refractivity contribution >= 4 is 0 Å². The molecule has 3 nitrogen and oxygen atoms in total. The summed E-state index contributed by atoms with van der Waals surface area (Å²) < 4.78 is 0. The summed E-state index contributed by atoms with van der Waals surface area (Å²) in [6.07, 6.45) is 2.86. The molecule has 0 fully saturated rings. The predicted octanol–water partition coefficient (Wildman–Crippen LogP) is 2.66. The lowest BCUT2D eigenvalue weighted by Gasteiger charge is -2.01. The van der Waals surface area contributed by atoms with E-state index in [-0.39, 0.29) is 6.04 Å². The van der Waals surface area contributed by atoms with Crippen LogP contribution in [-0.4, -0.2) is 9.97 Å². The average molecular weight is 215 g/mol. The van der Waals surface area contributed by atoms with Gasteiger partial charge in [0.25, 0.3) is 0 Å². The molecule has 3 N–H and O–H groups in total. The normalized spacial score (nSPS) is 12.7. The van der Waals surface area contributed by atoms with Crippen LogP contribution in [-0.2, 0) is 6.42 Å². The fourth-order valence-electron chi connectivity index (χ4n) is 1.61. The van der Waals surface area contributed by atoms with Crippen molar-refractivity contribution in [1.29, 1.82) is 0 Å². The Bertz CT molecular complexity index is 454. The van der Waals surface area contributed by atoms with E-state index in [4.69, 9.17) is 5.73 Å². The summed E-state index contributed by atoms with van der Waals surface area (Å²) in [6.45, 7) is 4.09. The van der Waals surface area contributed by atoms with Crippen LogP contribution in [0.3, 0.4) is 0 Å². The van der Waals surface area contributed by atoms with Gasteiger partial charge in [0, 0.05) is 11.6 Å². The summed E-state index contributed by atoms with van der Waals surface area (Å²) in [5.41, 5.74) is 9.18. The minimum absolute atomic E-state index is 0.00355. The van der Waals surface area contributed by atoms with E-state index >= 15 is 0 Å². The Balaban J connectivity index is 2.28. The van der Waals surface area contributed by atoms with Crippen molar-refractivity contribution in [3.05, 3.63) is 41.7 Å². The molecule has 2 aromatic rings. The van der Waals surface area contributed by atoms with Gasteiger partial charge in [0.2, 0.25) is 0 Å². The van der Waals surface area contributed by atoms with Crippen molar-refractivity contribution in [2.24, 2.45) is 5.73 Å². The third kappa shape index (κ3) is 2.14. The van der Waals surface area contributed by atoms with Crippen LogP contribution in [0.4, 0.5) is 0 Å². The molecule has 1 aromatic carbocycles. The second-order valence-corrected chi connectivity index (χ2v) is 4.03. The molecule has 3 heteroatoms. The van der Waals surface area contributed by atoms with Crippen molar-refractivity contribution < 1.29 is 0 Å². The lowest BCUT2D eigenvalue weighted by atomic mass is 10.1. The van der Waals surface area contributed by atoms with Crippen LogP contribution in [0, 0.1) is 0 Å². The first kappa shape index (κ1) is 10.9. The Hall–Kier alpha value is -1.61. The van der Waals surface area contributed by atoms with Crippen molar-refractivity contribution in [2.75, 3.05) is 0 Å². The van der Waals surface area contributed by atoms with Crippen LogP contribution < -0.4 is 5.73 Å². The number of aromatic amines is 1. The van der Waals surface area contributed by atoms with Crippen LogP contribution >= 0.6 is 0 Å². The monoisotopic (exact) mass is 215 g/mol. The number of rotatable bonds is 3. The van der Waals surface area contributed by atoms with Gasteiger partial charge in [-0.1, -0.05) is 31.2 Å². The molecule has 0 saturated carbocycles. The molecule has 0 bridgehead atoms. The van der Waals surface area contributed by atoms with Gasteiger partial charge in [-0.25, -0.2) is 4.98 Å². The van der Waals surface area contributed by atoms with Gasteiger partial charge in [0.05, 0.1) is 11.9 Å². The lowest BCUT2D eigenvalue weighted by Crippen LogP contribution is -2.04. The lowest BCUT2D eigenvalue weighted by molar-refractivity contribution is 0.789. The smallest absolute Gasteiger partial charge is 0.137 e. The number of nitrogens with two attached hydrogens (primary N) is 1. The molecule has 0 radical (unpaired) electrons. The zero-order valence-corrected chi connectivity index (χ0v) is 9.70. The van der Waals surface area contributed by atoms with Gasteiger partial charge < -0.3 is 10.7 Å². The predicted molar refractivity (Wildman–Crippen MR) is 66.0 cm³/mol. The molecule has 0 saturated heterocycles. The second-order valence-electron chi connectivity index (χ2n) is 4.03. The number of hydrogen-bond donors (Lipinski definition) is 2. The second kappa shape index (κ2) is 4.49. The number of imidazole rings is 1. The maximum Gasteiger partial charge on any atom is 0.137 e. The summed E-state index contributed by atoms with van der Waals surface area (Å²) in [6, 6.07) is 8.43. The Kier molecular flexibility index (Phi) is 3.06. The number of aromatic nitrogens is 2. The fraction of sp³-hybridized carbons (Fsp3) is 0.308. The molecule has 2 rings (SSSR count). The van der Waals surface area contributed by atoms with Crippen molar-refractivity contribution in [1.82, 2.24) is 9.97 Å². The largest absolute Gasteiger partial charge is 0.341 e. The van der Waals surface area contributed by atoms with Crippen LogP contribution in [0.2, 0.25) is 0 Å². The third-order valence-corrected chi connectivity index (χ3v) is 2.72. The fourth-order valence-corrected chi connectivity index (χ4v) is 1.61. The van der Waals surface area contributed by atoms with E-state index in [9.17, 15) is 0 Å². The maximum atomic E-state index is 5.78. The Morgan fingerprint density at radius 3 is 2.50 bits per heavy atom. The van der Waals surface area contributed by atoms with E-state index in [0.29, 0.717) is 0 Å². The molecule has 1 atom stereocenters. The number of aryl methyl sites for hydroxylation is 1. The standard InChI is InChI=1S/C13H17N3/c1-3-10-4-6-11(7-5-10)13-15-8-12(16-13)9(2)14/h4-9H,3,14H2,1-2H3,(H,15,16). The number of H-pyrrole nitrogens is 1. The maximum absolute atomic E-state index is 5.78. The molecule has 1 aromatic heterocycles. The summed E-state index contributed by atoms with van der Waals surface area (Å²) in [5.74, 6) is 0.884. The van der Waals surface area contributed by atoms with Gasteiger partial charge in [-0.15, -0.1) is 0 Å². The van der Waals surface area contributed by atoms with Gasteiger partial charge in [-0.2, -0.15) is 0 Å². The summed E-state index contributed by atoms with van der Waals surface area (Å²) in [7, 11) is 0. The molecule has 0 spiro atoms. The molecule has 0 aliphatic carbocycles. The van der Waals surface area contributed by atoms with Gasteiger partial charge >= 0.3 is 0 Å². The van der Waals surface area contributed by atoms with Crippen molar-refractivity contribution in [2.45, 2.75) is 26.3 Å². The SMILES string of the molecule is CCc1ccc(-c2ncc(C(C)N)[nH]2)cc1. The van der Waals surface area contributed by atoms with Crippen LogP contribution in [0.5, 0.6) is 0 Å². The first-order chi connectivity index (χ1) is 7.70. The highest BCUT2D eigenvalue weighted by Gasteiger charge is 2.05. The van der Waals surface area contributed by atoms with Gasteiger partial charge in [0.1, 0.15) is 5.82 Å². The highest BCUT2D eigenvalue weighted by molar-refractivity contribution is 5.55. The number of nitrogens with zero attached hydrogens (tertiary/aromatic N) is 1. The van der Waals surface area contributed by atoms with E-state index in [1.165, 1.54) is 5.56 Å². The molecular weight excluding hydrogens is 198 g/mol. The minimum Gasteiger partial charge on any atom is -0.341 e. The van der Waals surface area contributed by atoms with Gasteiger partial charge in [-0.3, -0.25) is 0 Å². The van der Waals surface area contributed by atoms with Gasteiger partial charge in [-0.05, 0) is 18.9 Å². The van der Waals surface area contributed by atoms with E-state index in [1.807, 2.05) is 6.92 Å². The number of nitrogens with one attached hydrogen (secondary N) is 1. The molecule has 1 unspecified atom stereocenters. The van der Waals surface area contributed by atoms with E-state index < -0.39 is 0 Å². The molecule has 16 heavy (non-hydrogen) atoms. The summed E-state index contributed by atoms with van der Waals surface area (Å²) in [4.78, 5) is 7.56. The van der Waals surface area contributed by atoms with Crippen LogP contribution in [0.15, 0.2) is 30.5 Å². The summed E-state index contributed by atoms with van der Waals surface area (Å²) in [5, 5.41) is 0. The number of benzene rings is 1. The van der Waals surface area contributed by atoms with E-state index in [1.54, 1.807) is 6.20 Å². The van der Waals surface area contributed by atoms with Crippen molar-refractivity contribution in [3.63, 3.8) is 0 Å². The summed E-state index contributed by atoms with van der Waals surface area (Å²) >= 11 is 0. The molecule has 1 heterocycles. The Morgan fingerprint density at radius 2 is 2.00 bits per heavy atom. The van der Waals surface area contributed by atoms with Crippen molar-refractivity contribution in [3.8, 4) is 11.4 Å².